The molecule has 108 valence electrons. The van der Waals surface area contributed by atoms with Gasteiger partial charge in [0.2, 0.25) is 0 Å². The fraction of sp³-hybridized carbons (Fsp3) is 0.333. The highest BCUT2D eigenvalue weighted by Gasteiger charge is 2.23. The molecule has 0 amide bonds. The predicted molar refractivity (Wildman–Crippen MR) is 81.1 cm³/mol. The first-order valence-corrected chi connectivity index (χ1v) is 9.70. The van der Waals surface area contributed by atoms with E-state index in [1.54, 1.807) is 12.1 Å². The van der Waals surface area contributed by atoms with Crippen molar-refractivity contribution in [1.82, 2.24) is 0 Å². The topological polar surface area (TPSA) is 63.6 Å². The molecule has 0 fully saturated rings. The van der Waals surface area contributed by atoms with Crippen LogP contribution in [-0.2, 0) is 9.53 Å². The van der Waals surface area contributed by atoms with Gasteiger partial charge in [0.1, 0.15) is 0 Å². The average Bonchev–Trinajstić information content (AvgIpc) is 2.43. The van der Waals surface area contributed by atoms with Gasteiger partial charge < -0.3 is 9.84 Å². The number of aromatic carboxylic acids is 1. The first-order valence-electron chi connectivity index (χ1n) is 6.50. The molecular weight excluding hydrogens is 272 g/mol. The number of carbonyl (C=O) groups excluding carboxylic acids is 1. The molecule has 0 aliphatic rings. The van der Waals surface area contributed by atoms with Crippen LogP contribution in [0.25, 0.3) is 0 Å². The smallest absolute Gasteiger partial charge is 0.335 e. The largest absolute Gasteiger partial charge is 0.478 e. The zero-order valence-electron chi connectivity index (χ0n) is 11.9. The Kier molecular flexibility index (Phi) is 5.70. The van der Waals surface area contributed by atoms with Gasteiger partial charge in [-0.25, -0.2) is 9.59 Å². The van der Waals surface area contributed by atoms with E-state index in [0.29, 0.717) is 12.2 Å². The lowest BCUT2D eigenvalue weighted by molar-refractivity contribution is -0.137. The Bertz CT molecular complexity index is 491. The van der Waals surface area contributed by atoms with Crippen molar-refractivity contribution in [1.29, 1.82) is 0 Å². The molecule has 0 radical (unpaired) electrons. The van der Waals surface area contributed by atoms with Gasteiger partial charge in [-0.15, -0.1) is 0 Å². The third-order valence-electron chi connectivity index (χ3n) is 3.27. The van der Waals surface area contributed by atoms with E-state index in [9.17, 15) is 9.59 Å². The maximum Gasteiger partial charge on any atom is 0.335 e. The van der Waals surface area contributed by atoms with E-state index in [2.05, 4.69) is 19.7 Å². The molecule has 0 aliphatic heterocycles. The van der Waals surface area contributed by atoms with Crippen LogP contribution in [0.15, 0.2) is 36.9 Å². The highest BCUT2D eigenvalue weighted by Crippen LogP contribution is 2.13. The van der Waals surface area contributed by atoms with Crippen molar-refractivity contribution in [3.05, 3.63) is 42.5 Å². The lowest BCUT2D eigenvalue weighted by Crippen LogP contribution is -2.41. The predicted octanol–water partition coefficient (Wildman–Crippen LogP) is 2.42. The van der Waals surface area contributed by atoms with E-state index in [-0.39, 0.29) is 0 Å². The first-order chi connectivity index (χ1) is 9.36. The van der Waals surface area contributed by atoms with Gasteiger partial charge in [-0.3, -0.25) is 0 Å². The minimum atomic E-state index is -1.63. The van der Waals surface area contributed by atoms with Crippen LogP contribution in [0.5, 0.6) is 0 Å². The molecule has 0 aliphatic carbocycles. The van der Waals surface area contributed by atoms with E-state index < -0.39 is 20.0 Å². The second-order valence-electron chi connectivity index (χ2n) is 5.24. The summed E-state index contributed by atoms with van der Waals surface area (Å²) in [6.45, 7) is 8.18. The number of rotatable bonds is 7. The van der Waals surface area contributed by atoms with Gasteiger partial charge in [0.05, 0.1) is 20.2 Å². The van der Waals surface area contributed by atoms with Crippen LogP contribution < -0.4 is 5.19 Å². The molecule has 1 aromatic carbocycles. The number of carbonyl (C=O) groups is 2. The van der Waals surface area contributed by atoms with Crippen molar-refractivity contribution in [2.75, 3.05) is 6.61 Å². The average molecular weight is 292 g/mol. The molecule has 0 heterocycles. The highest BCUT2D eigenvalue weighted by molar-refractivity contribution is 6.89. The van der Waals surface area contributed by atoms with E-state index in [4.69, 9.17) is 9.84 Å². The van der Waals surface area contributed by atoms with Gasteiger partial charge in [-0.1, -0.05) is 43.0 Å². The number of ether oxygens (including phenoxy) is 1. The molecule has 0 saturated heterocycles. The third-order valence-corrected chi connectivity index (χ3v) is 6.77. The summed E-state index contributed by atoms with van der Waals surface area (Å²) in [6, 6.07) is 8.05. The maximum absolute atomic E-state index is 10.9. The van der Waals surface area contributed by atoms with Crippen LogP contribution in [-0.4, -0.2) is 31.7 Å². The number of esters is 1. The molecular formula is C15H20O4Si. The van der Waals surface area contributed by atoms with Crippen LogP contribution in [0.2, 0.25) is 19.1 Å². The first kappa shape index (κ1) is 16.2. The molecule has 1 aromatic rings. The van der Waals surface area contributed by atoms with E-state index in [0.717, 1.165) is 18.5 Å². The summed E-state index contributed by atoms with van der Waals surface area (Å²) in [5.41, 5.74) is 0.304. The number of carboxylic acid groups (broad SMARTS) is 1. The van der Waals surface area contributed by atoms with E-state index >= 15 is 0 Å². The minimum absolute atomic E-state index is 0.304. The van der Waals surface area contributed by atoms with Crippen molar-refractivity contribution >= 4 is 25.2 Å². The molecule has 0 bridgehead atoms. The summed E-state index contributed by atoms with van der Waals surface area (Å²) in [4.78, 5) is 21.7. The Balaban J connectivity index is 2.57. The molecule has 1 N–H and O–H groups in total. The lowest BCUT2D eigenvalue weighted by Gasteiger charge is -2.23. The quantitative estimate of drug-likeness (QED) is 0.363. The summed E-state index contributed by atoms with van der Waals surface area (Å²) in [5, 5.41) is 10.1. The van der Waals surface area contributed by atoms with Crippen LogP contribution in [0.3, 0.4) is 0 Å². The molecule has 0 saturated carbocycles. The van der Waals surface area contributed by atoms with Crippen LogP contribution >= 0.6 is 0 Å². The van der Waals surface area contributed by atoms with Gasteiger partial charge in [0, 0.05) is 6.08 Å². The molecule has 20 heavy (non-hydrogen) atoms. The molecule has 5 heteroatoms. The second-order valence-corrected chi connectivity index (χ2v) is 10.1. The van der Waals surface area contributed by atoms with Crippen molar-refractivity contribution in [2.45, 2.75) is 25.6 Å². The Hall–Kier alpha value is -1.88. The summed E-state index contributed by atoms with van der Waals surface area (Å²) in [5.74, 6) is -1.30. The molecule has 4 nitrogen and oxygen atoms in total. The van der Waals surface area contributed by atoms with Gasteiger partial charge in [0.25, 0.3) is 0 Å². The van der Waals surface area contributed by atoms with Gasteiger partial charge >= 0.3 is 11.9 Å². The zero-order valence-corrected chi connectivity index (χ0v) is 12.9. The molecule has 0 spiro atoms. The standard InChI is InChI=1S/C15H20O4Si/c1-4-14(16)19-10-5-11-20(2,3)13-8-6-12(7-9-13)15(17)18/h4,6-9H,1,5,10-11H2,2-3H3,(H,17,18). The zero-order chi connectivity index (χ0) is 15.2. The summed E-state index contributed by atoms with van der Waals surface area (Å²) in [7, 11) is -1.63. The summed E-state index contributed by atoms with van der Waals surface area (Å²) < 4.78 is 4.96. The van der Waals surface area contributed by atoms with Gasteiger partial charge in [0.15, 0.2) is 0 Å². The fourth-order valence-corrected chi connectivity index (χ4v) is 4.34. The SMILES string of the molecule is C=CC(=O)OCCC[Si](C)(C)c1ccc(C(=O)O)cc1. The van der Waals surface area contributed by atoms with Crippen molar-refractivity contribution in [2.24, 2.45) is 0 Å². The third kappa shape index (κ3) is 4.66. The summed E-state index contributed by atoms with van der Waals surface area (Å²) in [6.07, 6.45) is 1.96. The van der Waals surface area contributed by atoms with Crippen molar-refractivity contribution in [3.63, 3.8) is 0 Å². The Morgan fingerprint density at radius 3 is 2.40 bits per heavy atom. The Morgan fingerprint density at radius 2 is 1.90 bits per heavy atom. The highest BCUT2D eigenvalue weighted by atomic mass is 28.3. The minimum Gasteiger partial charge on any atom is -0.478 e. The lowest BCUT2D eigenvalue weighted by atomic mass is 10.2. The van der Waals surface area contributed by atoms with Crippen LogP contribution in [0, 0.1) is 0 Å². The second kappa shape index (κ2) is 7.05. The number of carboxylic acids is 1. The van der Waals surface area contributed by atoms with Crippen LogP contribution in [0.1, 0.15) is 16.8 Å². The number of benzene rings is 1. The van der Waals surface area contributed by atoms with E-state index in [1.807, 2.05) is 12.1 Å². The van der Waals surface area contributed by atoms with Gasteiger partial charge in [-0.2, -0.15) is 0 Å². The maximum atomic E-state index is 10.9. The van der Waals surface area contributed by atoms with Crippen LogP contribution in [0.4, 0.5) is 0 Å². The normalized spacial score (nSPS) is 10.9. The molecule has 0 aromatic heterocycles. The molecule has 1 rings (SSSR count). The van der Waals surface area contributed by atoms with E-state index in [1.165, 1.54) is 5.19 Å². The molecule has 0 atom stereocenters. The monoisotopic (exact) mass is 292 g/mol. The number of hydrogen-bond donors (Lipinski definition) is 1. The van der Waals surface area contributed by atoms with Gasteiger partial charge in [-0.05, 0) is 18.6 Å². The Labute approximate surface area is 120 Å². The molecule has 0 unspecified atom stereocenters. The van der Waals surface area contributed by atoms with Crippen molar-refractivity contribution < 1.29 is 19.4 Å². The fourth-order valence-electron chi connectivity index (χ4n) is 1.95. The number of hydrogen-bond acceptors (Lipinski definition) is 3. The summed E-state index contributed by atoms with van der Waals surface area (Å²) >= 11 is 0. The van der Waals surface area contributed by atoms with Crippen molar-refractivity contribution in [3.8, 4) is 0 Å². The Morgan fingerprint density at radius 1 is 1.30 bits per heavy atom.